The van der Waals surface area contributed by atoms with Gasteiger partial charge in [0.1, 0.15) is 0 Å². The molecule has 232 valence electrons. The van der Waals surface area contributed by atoms with Gasteiger partial charge in [0.25, 0.3) is 0 Å². The molecule has 2 heteroatoms. The van der Waals surface area contributed by atoms with Crippen LogP contribution in [0.15, 0.2) is 182 Å². The highest BCUT2D eigenvalue weighted by molar-refractivity contribution is 6.25. The highest BCUT2D eigenvalue weighted by Crippen LogP contribution is 2.42. The Balaban J connectivity index is 1.22. The van der Waals surface area contributed by atoms with Crippen molar-refractivity contribution in [3.8, 4) is 22.5 Å². The van der Waals surface area contributed by atoms with E-state index in [4.69, 9.17) is 6.85 Å². The lowest BCUT2D eigenvalue weighted by atomic mass is 9.97. The van der Waals surface area contributed by atoms with Crippen molar-refractivity contribution >= 4 is 75.9 Å². The molecule has 0 saturated heterocycles. The number of hydrogen-bond acceptors (Lipinski definition) is 0. The highest BCUT2D eigenvalue weighted by Gasteiger charge is 2.20. The summed E-state index contributed by atoms with van der Waals surface area (Å²) >= 11 is 0. The second-order valence-electron chi connectivity index (χ2n) is 13.0. The number of hydrogen-bond donors (Lipinski definition) is 0. The topological polar surface area (TPSA) is 9.86 Å². The lowest BCUT2D eigenvalue weighted by Gasteiger charge is -2.12. The smallest absolute Gasteiger partial charge is 0.0629 e. The summed E-state index contributed by atoms with van der Waals surface area (Å²) in [4.78, 5) is 0. The zero-order chi connectivity index (χ0) is 37.1. The number of benzene rings is 9. The van der Waals surface area contributed by atoms with Gasteiger partial charge in [-0.2, -0.15) is 0 Å². The van der Waals surface area contributed by atoms with Gasteiger partial charge in [0.05, 0.1) is 28.9 Å². The summed E-state index contributed by atoms with van der Waals surface area (Å²) in [6.07, 6.45) is 0. The first-order valence-corrected chi connectivity index (χ1v) is 16.9. The van der Waals surface area contributed by atoms with E-state index in [1.807, 2.05) is 18.2 Å². The molecule has 0 aliphatic heterocycles. The van der Waals surface area contributed by atoms with Gasteiger partial charge in [-0.15, -0.1) is 0 Å². The normalized spacial score (nSPS) is 13.4. The molecule has 2 aromatic heterocycles. The molecule has 11 aromatic rings. The maximum absolute atomic E-state index is 8.65. The van der Waals surface area contributed by atoms with Crippen LogP contribution < -0.4 is 0 Å². The van der Waals surface area contributed by atoms with Crippen LogP contribution in [0.4, 0.5) is 0 Å². The molecule has 0 aliphatic rings. The second kappa shape index (κ2) is 10.4. The SMILES string of the molecule is [2H]c1c([2H])c([2H])c(-c2ccc3ccc4ccc(-n5c6ccccc6c6cc7c8c9ccccc9ccc8n(-c8ccccc8)c7cc65)cc4c3c2)c([2H])c1[2H]. The van der Waals surface area contributed by atoms with Crippen LogP contribution in [-0.4, -0.2) is 9.13 Å². The van der Waals surface area contributed by atoms with Gasteiger partial charge in [-0.05, 0) is 98.0 Å². The fraction of sp³-hybridized carbons (Fsp3) is 0. The average Bonchev–Trinajstić information content (AvgIpc) is 3.73. The Morgan fingerprint density at radius 2 is 0.980 bits per heavy atom. The maximum atomic E-state index is 8.65. The van der Waals surface area contributed by atoms with Gasteiger partial charge in [-0.3, -0.25) is 0 Å². The Morgan fingerprint density at radius 3 is 1.84 bits per heavy atom. The van der Waals surface area contributed by atoms with Gasteiger partial charge >= 0.3 is 0 Å². The first kappa shape index (κ1) is 22.8. The third-order valence-corrected chi connectivity index (χ3v) is 10.3. The van der Waals surface area contributed by atoms with Gasteiger partial charge in [0.15, 0.2) is 0 Å². The molecule has 0 bridgehead atoms. The summed E-state index contributed by atoms with van der Waals surface area (Å²) in [6.45, 7) is 0. The van der Waals surface area contributed by atoms with E-state index in [0.29, 0.717) is 5.56 Å². The molecule has 2 nitrogen and oxygen atoms in total. The van der Waals surface area contributed by atoms with E-state index < -0.39 is 6.04 Å². The molecule has 0 radical (unpaired) electrons. The second-order valence-corrected chi connectivity index (χ2v) is 13.0. The summed E-state index contributed by atoms with van der Waals surface area (Å²) in [5.41, 5.74) is 7.39. The molecular weight excluding hydrogens is 605 g/mol. The van der Waals surface area contributed by atoms with Crippen LogP contribution in [0.5, 0.6) is 0 Å². The molecule has 0 amide bonds. The van der Waals surface area contributed by atoms with Crippen LogP contribution in [-0.2, 0) is 0 Å². The van der Waals surface area contributed by atoms with Gasteiger partial charge in [-0.25, -0.2) is 0 Å². The zero-order valence-electron chi connectivity index (χ0n) is 31.8. The lowest BCUT2D eigenvalue weighted by molar-refractivity contribution is 1.17. The minimum atomic E-state index is -0.393. The van der Waals surface area contributed by atoms with Crippen molar-refractivity contribution in [3.63, 3.8) is 0 Å². The molecule has 9 aromatic carbocycles. The predicted octanol–water partition coefficient (Wildman–Crippen LogP) is 13.0. The summed E-state index contributed by atoms with van der Waals surface area (Å²) in [5, 5.41) is 11.2. The van der Waals surface area contributed by atoms with Gasteiger partial charge in [0, 0.05) is 32.9 Å². The van der Waals surface area contributed by atoms with Crippen LogP contribution in [0.3, 0.4) is 0 Å². The highest BCUT2D eigenvalue weighted by atomic mass is 15.0. The van der Waals surface area contributed by atoms with E-state index in [-0.39, 0.29) is 29.7 Å². The molecule has 50 heavy (non-hydrogen) atoms. The number of fused-ring (bicyclic) bond motifs is 11. The molecule has 0 spiro atoms. The predicted molar refractivity (Wildman–Crippen MR) is 213 cm³/mol. The van der Waals surface area contributed by atoms with Crippen molar-refractivity contribution < 1.29 is 6.85 Å². The zero-order valence-corrected chi connectivity index (χ0v) is 26.8. The number of nitrogens with zero attached hydrogens (tertiary/aromatic N) is 2. The largest absolute Gasteiger partial charge is 0.309 e. The third-order valence-electron chi connectivity index (χ3n) is 10.3. The molecular formula is C48H30N2. The average molecular weight is 640 g/mol. The van der Waals surface area contributed by atoms with Crippen LogP contribution in [0.1, 0.15) is 6.85 Å². The first-order valence-electron chi connectivity index (χ1n) is 19.4. The van der Waals surface area contributed by atoms with Crippen LogP contribution in [0.25, 0.3) is 98.4 Å². The Morgan fingerprint density at radius 1 is 0.340 bits per heavy atom. The minimum Gasteiger partial charge on any atom is -0.309 e. The van der Waals surface area contributed by atoms with Gasteiger partial charge < -0.3 is 9.13 Å². The van der Waals surface area contributed by atoms with Crippen molar-refractivity contribution in [2.24, 2.45) is 0 Å². The maximum Gasteiger partial charge on any atom is 0.0629 e. The fourth-order valence-corrected chi connectivity index (χ4v) is 8.11. The van der Waals surface area contributed by atoms with Crippen LogP contribution in [0, 0.1) is 0 Å². The molecule has 0 N–H and O–H groups in total. The Labute approximate surface area is 295 Å². The molecule has 0 unspecified atom stereocenters. The van der Waals surface area contributed by atoms with Crippen molar-refractivity contribution in [3.05, 3.63) is 182 Å². The Kier molecular flexibility index (Phi) is 4.76. The quantitative estimate of drug-likeness (QED) is 0.170. The van der Waals surface area contributed by atoms with Gasteiger partial charge in [-0.1, -0.05) is 127 Å². The summed E-state index contributed by atoms with van der Waals surface area (Å²) in [7, 11) is 0. The van der Waals surface area contributed by atoms with Crippen molar-refractivity contribution in [1.82, 2.24) is 9.13 Å². The molecule has 0 aliphatic carbocycles. The molecule has 0 fully saturated rings. The molecule has 0 atom stereocenters. The molecule has 2 heterocycles. The van der Waals surface area contributed by atoms with E-state index in [2.05, 4.69) is 143 Å². The lowest BCUT2D eigenvalue weighted by Crippen LogP contribution is -1.96. The van der Waals surface area contributed by atoms with E-state index in [1.54, 1.807) is 0 Å². The summed E-state index contributed by atoms with van der Waals surface area (Å²) < 4.78 is 46.7. The van der Waals surface area contributed by atoms with Gasteiger partial charge in [0.2, 0.25) is 0 Å². The van der Waals surface area contributed by atoms with Crippen molar-refractivity contribution in [2.75, 3.05) is 0 Å². The van der Waals surface area contributed by atoms with E-state index in [9.17, 15) is 0 Å². The fourth-order valence-electron chi connectivity index (χ4n) is 8.11. The monoisotopic (exact) mass is 639 g/mol. The standard InChI is InChI=1S/C48H30N2/c1-3-11-31(12-4-1)35-22-21-33-19-20-34-23-25-37(28-41(34)40(33)27-35)50-44-18-10-9-17-39(44)42-29-43-47(30-46(42)50)49(36-14-5-2-6-15-36)45-26-24-32-13-7-8-16-38(32)48(43)45/h1-30H/i1D,3D,4D,11D,12D. The van der Waals surface area contributed by atoms with Crippen molar-refractivity contribution in [2.45, 2.75) is 0 Å². The molecule has 11 rings (SSSR count). The van der Waals surface area contributed by atoms with Crippen molar-refractivity contribution in [1.29, 1.82) is 0 Å². The van der Waals surface area contributed by atoms with Crippen LogP contribution in [0.2, 0.25) is 0 Å². The van der Waals surface area contributed by atoms with E-state index in [0.717, 1.165) is 55.0 Å². The van der Waals surface area contributed by atoms with Crippen LogP contribution >= 0.6 is 0 Å². The molecule has 0 saturated carbocycles. The number of rotatable bonds is 3. The minimum absolute atomic E-state index is 0.203. The third kappa shape index (κ3) is 3.90. The first-order chi connectivity index (χ1) is 26.9. The number of para-hydroxylation sites is 2. The van der Waals surface area contributed by atoms with E-state index in [1.165, 1.54) is 32.3 Å². The summed E-state index contributed by atoms with van der Waals surface area (Å²) in [6, 6.07) is 52.0. The number of aromatic nitrogens is 2. The Hall–Kier alpha value is -6.64. The van der Waals surface area contributed by atoms with E-state index >= 15 is 0 Å². The Bertz CT molecular complexity index is 3410. The summed E-state index contributed by atoms with van der Waals surface area (Å²) in [5.74, 6) is 0.